The Morgan fingerprint density at radius 1 is 1.28 bits per heavy atom. The Kier molecular flexibility index (Phi) is 5.21. The first-order valence-corrected chi connectivity index (χ1v) is 7.20. The Morgan fingerprint density at radius 2 is 2.00 bits per heavy atom. The molecule has 1 N–H and O–H groups in total. The molecule has 1 aromatic rings. The maximum atomic E-state index is 5.82. The van der Waals surface area contributed by atoms with Crippen LogP contribution < -0.4 is 5.32 Å². The fraction of sp³-hybridized carbons (Fsp3) is 0.625. The summed E-state index contributed by atoms with van der Waals surface area (Å²) in [6.07, 6.45) is 4.36. The van der Waals surface area contributed by atoms with E-state index >= 15 is 0 Å². The van der Waals surface area contributed by atoms with E-state index in [4.69, 9.17) is 4.74 Å². The summed E-state index contributed by atoms with van der Waals surface area (Å²) >= 11 is 0. The van der Waals surface area contributed by atoms with Gasteiger partial charge in [0.05, 0.1) is 12.7 Å². The minimum absolute atomic E-state index is 0.525. The molecule has 100 valence electrons. The predicted octanol–water partition coefficient (Wildman–Crippen LogP) is 3.47. The Balaban J connectivity index is 1.80. The molecule has 2 nitrogen and oxygen atoms in total. The molecule has 1 saturated carbocycles. The molecule has 0 saturated heterocycles. The summed E-state index contributed by atoms with van der Waals surface area (Å²) in [4.78, 5) is 0. The van der Waals surface area contributed by atoms with Crippen LogP contribution in [0.2, 0.25) is 0 Å². The minimum atomic E-state index is 0.525. The van der Waals surface area contributed by atoms with E-state index in [-0.39, 0.29) is 0 Å². The summed E-state index contributed by atoms with van der Waals surface area (Å²) in [7, 11) is 0. The zero-order chi connectivity index (χ0) is 12.8. The SMILES string of the molecule is CCNCC(C)c1ccc(COC2CCC2)cc1. The van der Waals surface area contributed by atoms with Gasteiger partial charge in [-0.05, 0) is 42.9 Å². The Labute approximate surface area is 111 Å². The van der Waals surface area contributed by atoms with E-state index < -0.39 is 0 Å². The summed E-state index contributed by atoms with van der Waals surface area (Å²) in [6.45, 7) is 7.27. The lowest BCUT2D eigenvalue weighted by Crippen LogP contribution is -2.21. The molecule has 0 aliphatic heterocycles. The number of hydrogen-bond donors (Lipinski definition) is 1. The van der Waals surface area contributed by atoms with Crippen molar-refractivity contribution in [2.75, 3.05) is 13.1 Å². The molecular weight excluding hydrogens is 222 g/mol. The standard InChI is InChI=1S/C16H25NO/c1-3-17-11-13(2)15-9-7-14(8-10-15)12-18-16-5-4-6-16/h7-10,13,16-17H,3-6,11-12H2,1-2H3. The minimum Gasteiger partial charge on any atom is -0.374 e. The van der Waals surface area contributed by atoms with E-state index in [1.54, 1.807) is 0 Å². The first kappa shape index (κ1) is 13.6. The highest BCUT2D eigenvalue weighted by atomic mass is 16.5. The molecule has 1 aliphatic carbocycles. The molecule has 1 atom stereocenters. The monoisotopic (exact) mass is 247 g/mol. The second-order valence-corrected chi connectivity index (χ2v) is 5.31. The maximum Gasteiger partial charge on any atom is 0.0720 e. The highest BCUT2D eigenvalue weighted by Gasteiger charge is 2.17. The third-order valence-electron chi connectivity index (χ3n) is 3.79. The van der Waals surface area contributed by atoms with Crippen molar-refractivity contribution in [1.82, 2.24) is 5.32 Å². The number of benzene rings is 1. The van der Waals surface area contributed by atoms with E-state index in [1.165, 1.54) is 30.4 Å². The third-order valence-corrected chi connectivity index (χ3v) is 3.79. The fourth-order valence-electron chi connectivity index (χ4n) is 2.17. The van der Waals surface area contributed by atoms with E-state index in [9.17, 15) is 0 Å². The third kappa shape index (κ3) is 3.82. The van der Waals surface area contributed by atoms with E-state index in [2.05, 4.69) is 43.4 Å². The van der Waals surface area contributed by atoms with Crippen LogP contribution in [0.25, 0.3) is 0 Å². The molecular formula is C16H25NO. The van der Waals surface area contributed by atoms with Gasteiger partial charge in [0, 0.05) is 6.54 Å². The van der Waals surface area contributed by atoms with Crippen LogP contribution in [-0.2, 0) is 11.3 Å². The number of ether oxygens (including phenoxy) is 1. The highest BCUT2D eigenvalue weighted by molar-refractivity contribution is 5.24. The van der Waals surface area contributed by atoms with Crippen LogP contribution in [0.15, 0.2) is 24.3 Å². The van der Waals surface area contributed by atoms with Crippen LogP contribution in [0.4, 0.5) is 0 Å². The summed E-state index contributed by atoms with van der Waals surface area (Å²) in [5, 5.41) is 3.39. The van der Waals surface area contributed by atoms with Gasteiger partial charge in [0.25, 0.3) is 0 Å². The van der Waals surface area contributed by atoms with Crippen molar-refractivity contribution < 1.29 is 4.74 Å². The topological polar surface area (TPSA) is 21.3 Å². The smallest absolute Gasteiger partial charge is 0.0720 e. The van der Waals surface area contributed by atoms with Crippen LogP contribution >= 0.6 is 0 Å². The Bertz CT molecular complexity index is 343. The van der Waals surface area contributed by atoms with E-state index in [1.807, 2.05) is 0 Å². The summed E-state index contributed by atoms with van der Waals surface area (Å²) in [5.74, 6) is 0.576. The summed E-state index contributed by atoms with van der Waals surface area (Å²) < 4.78 is 5.82. The van der Waals surface area contributed by atoms with Gasteiger partial charge in [0.2, 0.25) is 0 Å². The molecule has 1 aromatic carbocycles. The molecule has 0 amide bonds. The summed E-state index contributed by atoms with van der Waals surface area (Å²) in [5.41, 5.74) is 2.70. The first-order valence-electron chi connectivity index (χ1n) is 7.20. The molecule has 0 bridgehead atoms. The average molecular weight is 247 g/mol. The lowest BCUT2D eigenvalue weighted by molar-refractivity contribution is -0.00866. The van der Waals surface area contributed by atoms with Crippen molar-refractivity contribution in [1.29, 1.82) is 0 Å². The van der Waals surface area contributed by atoms with Gasteiger partial charge in [0.1, 0.15) is 0 Å². The number of rotatable bonds is 7. The van der Waals surface area contributed by atoms with Crippen LogP contribution in [0.3, 0.4) is 0 Å². The normalized spacial score (nSPS) is 17.4. The second-order valence-electron chi connectivity index (χ2n) is 5.31. The number of hydrogen-bond acceptors (Lipinski definition) is 2. The summed E-state index contributed by atoms with van der Waals surface area (Å²) in [6, 6.07) is 8.88. The van der Waals surface area contributed by atoms with Gasteiger partial charge in [-0.25, -0.2) is 0 Å². The lowest BCUT2D eigenvalue weighted by Gasteiger charge is -2.25. The van der Waals surface area contributed by atoms with Crippen molar-refractivity contribution in [2.45, 2.75) is 51.7 Å². The van der Waals surface area contributed by atoms with Crippen molar-refractivity contribution in [3.8, 4) is 0 Å². The van der Waals surface area contributed by atoms with Crippen LogP contribution in [-0.4, -0.2) is 19.2 Å². The average Bonchev–Trinajstić information content (AvgIpc) is 2.35. The molecule has 1 fully saturated rings. The van der Waals surface area contributed by atoms with Gasteiger partial charge < -0.3 is 10.1 Å². The van der Waals surface area contributed by atoms with Crippen molar-refractivity contribution in [3.05, 3.63) is 35.4 Å². The molecule has 2 heteroatoms. The molecule has 0 heterocycles. The van der Waals surface area contributed by atoms with Crippen molar-refractivity contribution in [3.63, 3.8) is 0 Å². The van der Waals surface area contributed by atoms with Crippen LogP contribution in [0.5, 0.6) is 0 Å². The lowest BCUT2D eigenvalue weighted by atomic mass is 9.96. The predicted molar refractivity (Wildman–Crippen MR) is 75.8 cm³/mol. The Hall–Kier alpha value is -0.860. The fourth-order valence-corrected chi connectivity index (χ4v) is 2.17. The molecule has 18 heavy (non-hydrogen) atoms. The van der Waals surface area contributed by atoms with E-state index in [0.29, 0.717) is 12.0 Å². The van der Waals surface area contributed by atoms with Crippen molar-refractivity contribution in [2.24, 2.45) is 0 Å². The largest absolute Gasteiger partial charge is 0.374 e. The van der Waals surface area contributed by atoms with Crippen LogP contribution in [0.1, 0.15) is 50.2 Å². The van der Waals surface area contributed by atoms with Crippen molar-refractivity contribution >= 4 is 0 Å². The van der Waals surface area contributed by atoms with Gasteiger partial charge in [-0.1, -0.05) is 38.1 Å². The zero-order valence-corrected chi connectivity index (χ0v) is 11.6. The molecule has 1 aliphatic rings. The zero-order valence-electron chi connectivity index (χ0n) is 11.6. The second kappa shape index (κ2) is 6.91. The quantitative estimate of drug-likeness (QED) is 0.796. The van der Waals surface area contributed by atoms with E-state index in [0.717, 1.165) is 19.7 Å². The molecule has 2 rings (SSSR count). The Morgan fingerprint density at radius 3 is 2.56 bits per heavy atom. The molecule has 0 radical (unpaired) electrons. The van der Waals surface area contributed by atoms with Gasteiger partial charge in [0.15, 0.2) is 0 Å². The van der Waals surface area contributed by atoms with Gasteiger partial charge in [-0.15, -0.1) is 0 Å². The molecule has 0 spiro atoms. The van der Waals surface area contributed by atoms with Crippen LogP contribution in [0, 0.1) is 0 Å². The maximum absolute atomic E-state index is 5.82. The number of likely N-dealkylation sites (N-methyl/N-ethyl adjacent to an activating group) is 1. The number of nitrogens with one attached hydrogen (secondary N) is 1. The van der Waals surface area contributed by atoms with Gasteiger partial charge >= 0.3 is 0 Å². The van der Waals surface area contributed by atoms with Gasteiger partial charge in [-0.3, -0.25) is 0 Å². The first-order chi connectivity index (χ1) is 8.79. The molecule has 1 unspecified atom stereocenters. The van der Waals surface area contributed by atoms with Gasteiger partial charge in [-0.2, -0.15) is 0 Å². The highest BCUT2D eigenvalue weighted by Crippen LogP contribution is 2.23. The molecule has 0 aromatic heterocycles.